The molecule has 90 valence electrons. The normalized spacial score (nSPS) is 10.5. The van der Waals surface area contributed by atoms with Gasteiger partial charge < -0.3 is 10.1 Å². The smallest absolute Gasteiger partial charge is 0.160 e. The Morgan fingerprint density at radius 1 is 1.25 bits per heavy atom. The SMILES string of the molecule is COCCCCNc1cc(Cl)c(F)c(Cl)c1. The van der Waals surface area contributed by atoms with E-state index >= 15 is 0 Å². The van der Waals surface area contributed by atoms with E-state index in [-0.39, 0.29) is 10.0 Å². The van der Waals surface area contributed by atoms with Crippen LogP contribution in [0.5, 0.6) is 0 Å². The molecule has 0 aromatic heterocycles. The van der Waals surface area contributed by atoms with Crippen molar-refractivity contribution >= 4 is 28.9 Å². The summed E-state index contributed by atoms with van der Waals surface area (Å²) in [6.45, 7) is 1.52. The molecule has 1 aromatic rings. The number of unbranched alkanes of at least 4 members (excludes halogenated alkanes) is 1. The summed E-state index contributed by atoms with van der Waals surface area (Å²) in [6.07, 6.45) is 1.95. The molecule has 16 heavy (non-hydrogen) atoms. The lowest BCUT2D eigenvalue weighted by molar-refractivity contribution is 0.194. The van der Waals surface area contributed by atoms with Gasteiger partial charge in [0, 0.05) is 25.9 Å². The Hall–Kier alpha value is -0.510. The summed E-state index contributed by atoms with van der Waals surface area (Å²) < 4.78 is 18.0. The largest absolute Gasteiger partial charge is 0.385 e. The van der Waals surface area contributed by atoms with Crippen molar-refractivity contribution in [1.29, 1.82) is 0 Å². The van der Waals surface area contributed by atoms with Gasteiger partial charge in [-0.25, -0.2) is 4.39 Å². The number of rotatable bonds is 6. The molecule has 0 amide bonds. The molecule has 0 bridgehead atoms. The van der Waals surface area contributed by atoms with Crippen molar-refractivity contribution in [3.05, 3.63) is 28.0 Å². The van der Waals surface area contributed by atoms with Crippen LogP contribution in [0, 0.1) is 5.82 Å². The van der Waals surface area contributed by atoms with Gasteiger partial charge in [-0.15, -0.1) is 0 Å². The fraction of sp³-hybridized carbons (Fsp3) is 0.455. The van der Waals surface area contributed by atoms with Crippen LogP contribution >= 0.6 is 23.2 Å². The molecular formula is C11H14Cl2FNO. The number of methoxy groups -OCH3 is 1. The van der Waals surface area contributed by atoms with Crippen molar-refractivity contribution in [3.63, 3.8) is 0 Å². The highest BCUT2D eigenvalue weighted by Crippen LogP contribution is 2.27. The van der Waals surface area contributed by atoms with Crippen LogP contribution in [-0.4, -0.2) is 20.3 Å². The van der Waals surface area contributed by atoms with Crippen molar-refractivity contribution in [2.24, 2.45) is 0 Å². The van der Waals surface area contributed by atoms with E-state index in [2.05, 4.69) is 5.32 Å². The number of benzene rings is 1. The average Bonchev–Trinajstić information content (AvgIpc) is 2.25. The van der Waals surface area contributed by atoms with Crippen LogP contribution in [0.4, 0.5) is 10.1 Å². The number of halogens is 3. The van der Waals surface area contributed by atoms with E-state index in [1.54, 1.807) is 7.11 Å². The van der Waals surface area contributed by atoms with Gasteiger partial charge in [-0.2, -0.15) is 0 Å². The minimum Gasteiger partial charge on any atom is -0.385 e. The minimum atomic E-state index is -0.576. The second kappa shape index (κ2) is 6.94. The molecule has 0 aliphatic heterocycles. The standard InChI is InChI=1S/C11H14Cl2FNO/c1-16-5-3-2-4-15-8-6-9(12)11(14)10(13)7-8/h6-7,15H,2-5H2,1H3. The van der Waals surface area contributed by atoms with Gasteiger partial charge in [-0.05, 0) is 25.0 Å². The summed E-state index contributed by atoms with van der Waals surface area (Å²) in [4.78, 5) is 0. The summed E-state index contributed by atoms with van der Waals surface area (Å²) in [5, 5.41) is 3.19. The molecule has 0 aliphatic rings. The van der Waals surface area contributed by atoms with Gasteiger partial charge in [-0.1, -0.05) is 23.2 Å². The van der Waals surface area contributed by atoms with Gasteiger partial charge in [0.15, 0.2) is 5.82 Å². The van der Waals surface area contributed by atoms with Crippen LogP contribution in [0.2, 0.25) is 10.0 Å². The van der Waals surface area contributed by atoms with Crippen molar-refractivity contribution in [2.45, 2.75) is 12.8 Å². The third-order valence-electron chi connectivity index (χ3n) is 2.09. The van der Waals surface area contributed by atoms with E-state index in [1.165, 1.54) is 12.1 Å². The van der Waals surface area contributed by atoms with Crippen LogP contribution in [0.1, 0.15) is 12.8 Å². The fourth-order valence-electron chi connectivity index (χ4n) is 1.26. The Morgan fingerprint density at radius 2 is 1.88 bits per heavy atom. The first kappa shape index (κ1) is 13.6. The van der Waals surface area contributed by atoms with Crippen LogP contribution in [-0.2, 0) is 4.74 Å². The van der Waals surface area contributed by atoms with Gasteiger partial charge in [-0.3, -0.25) is 0 Å². The molecular weight excluding hydrogens is 252 g/mol. The number of nitrogens with one attached hydrogen (secondary N) is 1. The highest BCUT2D eigenvalue weighted by Gasteiger charge is 2.06. The first-order valence-electron chi connectivity index (χ1n) is 5.02. The van der Waals surface area contributed by atoms with Crippen LogP contribution < -0.4 is 5.32 Å². The minimum absolute atomic E-state index is 0.0342. The Labute approximate surface area is 105 Å². The number of hydrogen-bond donors (Lipinski definition) is 1. The first-order chi connectivity index (χ1) is 7.65. The molecule has 0 heterocycles. The van der Waals surface area contributed by atoms with E-state index < -0.39 is 5.82 Å². The van der Waals surface area contributed by atoms with Crippen LogP contribution in [0.25, 0.3) is 0 Å². The summed E-state index contributed by atoms with van der Waals surface area (Å²) in [5.41, 5.74) is 0.730. The predicted molar refractivity (Wildman–Crippen MR) is 66.0 cm³/mol. The summed E-state index contributed by atoms with van der Waals surface area (Å²) in [5.74, 6) is -0.576. The zero-order valence-corrected chi connectivity index (χ0v) is 10.5. The quantitative estimate of drug-likeness (QED) is 0.621. The lowest BCUT2D eigenvalue weighted by atomic mass is 10.3. The molecule has 0 unspecified atom stereocenters. The molecule has 0 saturated carbocycles. The van der Waals surface area contributed by atoms with Crippen molar-refractivity contribution in [2.75, 3.05) is 25.6 Å². The predicted octanol–water partition coefficient (Wildman–Crippen LogP) is 3.97. The second-order valence-electron chi connectivity index (χ2n) is 3.38. The maximum absolute atomic E-state index is 13.1. The Balaban J connectivity index is 2.43. The van der Waals surface area contributed by atoms with E-state index in [9.17, 15) is 4.39 Å². The number of anilines is 1. The molecule has 1 rings (SSSR count). The summed E-state index contributed by atoms with van der Waals surface area (Å²) in [6, 6.07) is 3.05. The van der Waals surface area contributed by atoms with Crippen molar-refractivity contribution < 1.29 is 9.13 Å². The summed E-state index contributed by atoms with van der Waals surface area (Å²) >= 11 is 11.3. The zero-order chi connectivity index (χ0) is 12.0. The molecule has 0 spiro atoms. The van der Waals surface area contributed by atoms with Gasteiger partial charge >= 0.3 is 0 Å². The highest BCUT2D eigenvalue weighted by atomic mass is 35.5. The fourth-order valence-corrected chi connectivity index (χ4v) is 1.75. The zero-order valence-electron chi connectivity index (χ0n) is 9.03. The molecule has 1 N–H and O–H groups in total. The average molecular weight is 266 g/mol. The van der Waals surface area contributed by atoms with Gasteiger partial charge in [0.05, 0.1) is 10.0 Å². The summed E-state index contributed by atoms with van der Waals surface area (Å²) in [7, 11) is 1.67. The Kier molecular flexibility index (Phi) is 5.88. The third-order valence-corrected chi connectivity index (χ3v) is 2.64. The van der Waals surface area contributed by atoms with Gasteiger partial charge in [0.1, 0.15) is 0 Å². The van der Waals surface area contributed by atoms with Crippen LogP contribution in [0.3, 0.4) is 0 Å². The maximum Gasteiger partial charge on any atom is 0.160 e. The van der Waals surface area contributed by atoms with E-state index in [0.717, 1.165) is 31.7 Å². The highest BCUT2D eigenvalue weighted by molar-refractivity contribution is 6.35. The topological polar surface area (TPSA) is 21.3 Å². The lowest BCUT2D eigenvalue weighted by Crippen LogP contribution is -2.03. The molecule has 2 nitrogen and oxygen atoms in total. The molecule has 0 radical (unpaired) electrons. The second-order valence-corrected chi connectivity index (χ2v) is 4.19. The molecule has 0 saturated heterocycles. The van der Waals surface area contributed by atoms with E-state index in [0.29, 0.717) is 0 Å². The number of hydrogen-bond acceptors (Lipinski definition) is 2. The van der Waals surface area contributed by atoms with Crippen LogP contribution in [0.15, 0.2) is 12.1 Å². The van der Waals surface area contributed by atoms with Gasteiger partial charge in [0.25, 0.3) is 0 Å². The first-order valence-corrected chi connectivity index (χ1v) is 5.78. The third kappa shape index (κ3) is 4.16. The lowest BCUT2D eigenvalue weighted by Gasteiger charge is -2.08. The molecule has 0 fully saturated rings. The number of ether oxygens (including phenoxy) is 1. The van der Waals surface area contributed by atoms with Crippen molar-refractivity contribution in [3.8, 4) is 0 Å². The molecule has 5 heteroatoms. The Morgan fingerprint density at radius 3 is 2.44 bits per heavy atom. The van der Waals surface area contributed by atoms with Gasteiger partial charge in [0.2, 0.25) is 0 Å². The molecule has 0 atom stereocenters. The Bertz CT molecular complexity index is 324. The molecule has 0 aliphatic carbocycles. The van der Waals surface area contributed by atoms with E-state index in [4.69, 9.17) is 27.9 Å². The van der Waals surface area contributed by atoms with E-state index in [1.807, 2.05) is 0 Å². The maximum atomic E-state index is 13.1. The van der Waals surface area contributed by atoms with Crippen molar-refractivity contribution in [1.82, 2.24) is 0 Å². The molecule has 1 aromatic carbocycles. The monoisotopic (exact) mass is 265 g/mol.